The molecule has 100 valence electrons. The van der Waals surface area contributed by atoms with Gasteiger partial charge in [-0.05, 0) is 38.5 Å². The number of rotatable bonds is 6. The lowest BCUT2D eigenvalue weighted by Gasteiger charge is -2.27. The molecule has 2 heteroatoms. The number of hydrogen-bond acceptors (Lipinski definition) is 2. The van der Waals surface area contributed by atoms with Crippen LogP contribution in [0.4, 0.5) is 0 Å². The number of carbonyl (C=O) groups is 1. The molecule has 0 bridgehead atoms. The van der Waals surface area contributed by atoms with Crippen LogP contribution >= 0.6 is 0 Å². The molecule has 0 aromatic heterocycles. The van der Waals surface area contributed by atoms with Crippen LogP contribution in [0.2, 0.25) is 0 Å². The van der Waals surface area contributed by atoms with Crippen LogP contribution in [-0.2, 0) is 4.79 Å². The van der Waals surface area contributed by atoms with Crippen molar-refractivity contribution in [3.63, 3.8) is 0 Å². The monoisotopic (exact) mass is 239 g/mol. The van der Waals surface area contributed by atoms with Gasteiger partial charge in [-0.3, -0.25) is 4.79 Å². The summed E-state index contributed by atoms with van der Waals surface area (Å²) < 4.78 is 0. The predicted molar refractivity (Wildman–Crippen MR) is 72.8 cm³/mol. The SMILES string of the molecule is CC(N)CCCC(C)C(=O)C1CCCC(C)C1. The van der Waals surface area contributed by atoms with Crippen molar-refractivity contribution in [1.29, 1.82) is 0 Å². The molecule has 0 amide bonds. The average molecular weight is 239 g/mol. The van der Waals surface area contributed by atoms with Crippen LogP contribution in [0.5, 0.6) is 0 Å². The van der Waals surface area contributed by atoms with Crippen LogP contribution in [-0.4, -0.2) is 11.8 Å². The number of ketones is 1. The van der Waals surface area contributed by atoms with Gasteiger partial charge in [0.1, 0.15) is 5.78 Å². The van der Waals surface area contributed by atoms with E-state index in [0.717, 1.165) is 38.0 Å². The number of carbonyl (C=O) groups excluding carboxylic acids is 1. The minimum Gasteiger partial charge on any atom is -0.328 e. The molecule has 17 heavy (non-hydrogen) atoms. The second-order valence-corrected chi connectivity index (χ2v) is 6.18. The van der Waals surface area contributed by atoms with Gasteiger partial charge in [-0.2, -0.15) is 0 Å². The molecule has 1 fully saturated rings. The van der Waals surface area contributed by atoms with Gasteiger partial charge in [-0.25, -0.2) is 0 Å². The third-order valence-electron chi connectivity index (χ3n) is 4.12. The van der Waals surface area contributed by atoms with Gasteiger partial charge in [0.15, 0.2) is 0 Å². The van der Waals surface area contributed by atoms with Gasteiger partial charge in [-0.15, -0.1) is 0 Å². The molecule has 0 heterocycles. The molecule has 2 nitrogen and oxygen atoms in total. The maximum Gasteiger partial charge on any atom is 0.138 e. The molecular weight excluding hydrogens is 210 g/mol. The molecule has 0 aromatic rings. The summed E-state index contributed by atoms with van der Waals surface area (Å²) in [5, 5.41) is 0. The topological polar surface area (TPSA) is 43.1 Å². The van der Waals surface area contributed by atoms with E-state index in [0.29, 0.717) is 11.7 Å². The predicted octanol–water partition coefficient (Wildman–Crippen LogP) is 3.54. The van der Waals surface area contributed by atoms with E-state index < -0.39 is 0 Å². The Kier molecular flexibility index (Phi) is 6.18. The largest absolute Gasteiger partial charge is 0.328 e. The zero-order valence-corrected chi connectivity index (χ0v) is 11.7. The van der Waals surface area contributed by atoms with Crippen LogP contribution in [0.25, 0.3) is 0 Å². The third-order valence-corrected chi connectivity index (χ3v) is 4.12. The Morgan fingerprint density at radius 1 is 1.29 bits per heavy atom. The van der Waals surface area contributed by atoms with E-state index in [-0.39, 0.29) is 12.0 Å². The van der Waals surface area contributed by atoms with E-state index in [1.165, 1.54) is 12.8 Å². The van der Waals surface area contributed by atoms with Crippen LogP contribution < -0.4 is 5.73 Å². The molecule has 4 atom stereocenters. The van der Waals surface area contributed by atoms with Crippen molar-refractivity contribution in [3.05, 3.63) is 0 Å². The molecule has 0 radical (unpaired) electrons. The molecule has 0 aromatic carbocycles. The zero-order chi connectivity index (χ0) is 12.8. The molecular formula is C15H29NO. The molecule has 1 aliphatic rings. The van der Waals surface area contributed by atoms with Crippen molar-refractivity contribution in [2.75, 3.05) is 0 Å². The lowest BCUT2D eigenvalue weighted by Crippen LogP contribution is -2.26. The molecule has 1 saturated carbocycles. The first-order valence-electron chi connectivity index (χ1n) is 7.30. The Morgan fingerprint density at radius 3 is 2.59 bits per heavy atom. The number of hydrogen-bond donors (Lipinski definition) is 1. The smallest absolute Gasteiger partial charge is 0.138 e. The molecule has 2 N–H and O–H groups in total. The fourth-order valence-electron chi connectivity index (χ4n) is 2.98. The second-order valence-electron chi connectivity index (χ2n) is 6.18. The van der Waals surface area contributed by atoms with Crippen LogP contribution in [0.3, 0.4) is 0 Å². The summed E-state index contributed by atoms with van der Waals surface area (Å²) in [6.45, 7) is 6.41. The fraction of sp³-hybridized carbons (Fsp3) is 0.933. The third kappa shape index (κ3) is 5.20. The molecule has 1 aliphatic carbocycles. The van der Waals surface area contributed by atoms with Crippen LogP contribution in [0, 0.1) is 17.8 Å². The van der Waals surface area contributed by atoms with Crippen molar-refractivity contribution in [2.24, 2.45) is 23.5 Å². The molecule has 0 aliphatic heterocycles. The van der Waals surface area contributed by atoms with Crippen molar-refractivity contribution in [3.8, 4) is 0 Å². The summed E-state index contributed by atoms with van der Waals surface area (Å²) in [5.41, 5.74) is 5.73. The summed E-state index contributed by atoms with van der Waals surface area (Å²) in [5.74, 6) is 1.85. The Hall–Kier alpha value is -0.370. The molecule has 0 saturated heterocycles. The second kappa shape index (κ2) is 7.15. The first kappa shape index (κ1) is 14.7. The lowest BCUT2D eigenvalue weighted by molar-refractivity contribution is -0.128. The highest BCUT2D eigenvalue weighted by Crippen LogP contribution is 2.31. The summed E-state index contributed by atoms with van der Waals surface area (Å²) in [6, 6.07) is 0.270. The number of Topliss-reactive ketones (excluding diaryl/α,β-unsaturated/α-hetero) is 1. The van der Waals surface area contributed by atoms with E-state index >= 15 is 0 Å². The van der Waals surface area contributed by atoms with Crippen molar-refractivity contribution < 1.29 is 4.79 Å². The van der Waals surface area contributed by atoms with E-state index in [9.17, 15) is 4.79 Å². The van der Waals surface area contributed by atoms with Crippen LogP contribution in [0.1, 0.15) is 65.7 Å². The van der Waals surface area contributed by atoms with Crippen molar-refractivity contribution >= 4 is 5.78 Å². The Balaban J connectivity index is 2.30. The minimum atomic E-state index is 0.240. The van der Waals surface area contributed by atoms with E-state index in [1.54, 1.807) is 0 Å². The minimum absolute atomic E-state index is 0.240. The normalized spacial score (nSPS) is 28.7. The molecule has 0 spiro atoms. The summed E-state index contributed by atoms with van der Waals surface area (Å²) in [6.07, 6.45) is 7.95. The quantitative estimate of drug-likeness (QED) is 0.770. The Bertz CT molecular complexity index is 237. The summed E-state index contributed by atoms with van der Waals surface area (Å²) in [4.78, 5) is 12.3. The molecule has 4 unspecified atom stereocenters. The highest BCUT2D eigenvalue weighted by atomic mass is 16.1. The van der Waals surface area contributed by atoms with Gasteiger partial charge in [-0.1, -0.05) is 33.1 Å². The van der Waals surface area contributed by atoms with Crippen molar-refractivity contribution in [1.82, 2.24) is 0 Å². The van der Waals surface area contributed by atoms with Gasteiger partial charge >= 0.3 is 0 Å². The standard InChI is InChI=1S/C15H29NO/c1-11-6-4-9-14(10-11)15(17)12(2)7-5-8-13(3)16/h11-14H,4-10,16H2,1-3H3. The Morgan fingerprint density at radius 2 is 2.00 bits per heavy atom. The average Bonchev–Trinajstić information content (AvgIpc) is 2.27. The van der Waals surface area contributed by atoms with E-state index in [1.807, 2.05) is 6.92 Å². The van der Waals surface area contributed by atoms with Crippen molar-refractivity contribution in [2.45, 2.75) is 71.8 Å². The fourth-order valence-corrected chi connectivity index (χ4v) is 2.98. The highest BCUT2D eigenvalue weighted by molar-refractivity contribution is 5.83. The van der Waals surface area contributed by atoms with Gasteiger partial charge in [0.25, 0.3) is 0 Å². The number of nitrogens with two attached hydrogens (primary N) is 1. The van der Waals surface area contributed by atoms with Gasteiger partial charge < -0.3 is 5.73 Å². The van der Waals surface area contributed by atoms with Gasteiger partial charge in [0.05, 0.1) is 0 Å². The van der Waals surface area contributed by atoms with Gasteiger partial charge in [0.2, 0.25) is 0 Å². The summed E-state index contributed by atoms with van der Waals surface area (Å²) >= 11 is 0. The first-order valence-corrected chi connectivity index (χ1v) is 7.30. The zero-order valence-electron chi connectivity index (χ0n) is 11.7. The molecule has 1 rings (SSSR count). The van der Waals surface area contributed by atoms with Gasteiger partial charge in [0, 0.05) is 17.9 Å². The maximum absolute atomic E-state index is 12.3. The maximum atomic E-state index is 12.3. The highest BCUT2D eigenvalue weighted by Gasteiger charge is 2.27. The Labute approximate surface area is 106 Å². The summed E-state index contributed by atoms with van der Waals surface area (Å²) in [7, 11) is 0. The van der Waals surface area contributed by atoms with Crippen LogP contribution in [0.15, 0.2) is 0 Å². The lowest BCUT2D eigenvalue weighted by atomic mass is 9.77. The van der Waals surface area contributed by atoms with E-state index in [4.69, 9.17) is 5.73 Å². The first-order chi connectivity index (χ1) is 8.00. The van der Waals surface area contributed by atoms with E-state index in [2.05, 4.69) is 13.8 Å².